The number of unbranched alkanes of at least 4 members (excludes halogenated alkanes) is 2. The lowest BCUT2D eigenvalue weighted by Crippen LogP contribution is -2.31. The Morgan fingerprint density at radius 3 is 2.50 bits per heavy atom. The van der Waals surface area contributed by atoms with Gasteiger partial charge in [-0.05, 0) is 24.5 Å². The van der Waals surface area contributed by atoms with Crippen LogP contribution in [-0.2, 0) is 11.3 Å². The zero-order valence-electron chi connectivity index (χ0n) is 18.8. The Hall–Kier alpha value is -2.79. The van der Waals surface area contributed by atoms with Crippen LogP contribution >= 0.6 is 0 Å². The van der Waals surface area contributed by atoms with Gasteiger partial charge in [-0.25, -0.2) is 0 Å². The van der Waals surface area contributed by atoms with E-state index in [0.29, 0.717) is 25.2 Å². The van der Waals surface area contributed by atoms with Crippen molar-refractivity contribution < 1.29 is 4.79 Å². The fourth-order valence-electron chi connectivity index (χ4n) is 3.35. The number of allylic oxidation sites excluding steroid dienone is 2. The van der Waals surface area contributed by atoms with Crippen LogP contribution in [0.5, 0.6) is 0 Å². The largest absolute Gasteiger partial charge is 0.383 e. The van der Waals surface area contributed by atoms with Crippen molar-refractivity contribution in [2.45, 2.75) is 59.4 Å². The maximum Gasteiger partial charge on any atom is 0.132 e. The molecule has 0 atom stereocenters. The van der Waals surface area contributed by atoms with Crippen LogP contribution in [0.1, 0.15) is 64.0 Å². The van der Waals surface area contributed by atoms with Crippen molar-refractivity contribution >= 4 is 11.5 Å². The van der Waals surface area contributed by atoms with Crippen LogP contribution < -0.4 is 21.9 Å². The van der Waals surface area contributed by atoms with E-state index in [9.17, 15) is 4.79 Å². The third-order valence-corrected chi connectivity index (χ3v) is 4.95. The number of rotatable bonds is 11. The molecule has 0 aliphatic carbocycles. The fourth-order valence-corrected chi connectivity index (χ4v) is 3.35. The number of hydrogen-bond acceptors (Lipinski definition) is 5. The summed E-state index contributed by atoms with van der Waals surface area (Å²) in [4.78, 5) is 11.4. The molecule has 1 aromatic rings. The lowest BCUT2D eigenvalue weighted by molar-refractivity contribution is -0.118. The summed E-state index contributed by atoms with van der Waals surface area (Å²) >= 11 is 0. The number of fused-ring (bicyclic) bond motifs is 1. The molecule has 0 fully saturated rings. The summed E-state index contributed by atoms with van der Waals surface area (Å²) in [6.45, 7) is 15.3. The van der Waals surface area contributed by atoms with Gasteiger partial charge in [-0.2, -0.15) is 0 Å². The van der Waals surface area contributed by atoms with E-state index in [2.05, 4.69) is 41.3 Å². The second-order valence-corrected chi connectivity index (χ2v) is 6.77. The van der Waals surface area contributed by atoms with E-state index in [0.717, 1.165) is 59.6 Å². The Labute approximate surface area is 182 Å². The molecule has 0 saturated heterocycles. The summed E-state index contributed by atoms with van der Waals surface area (Å²) < 4.78 is 0. The van der Waals surface area contributed by atoms with Crippen molar-refractivity contribution in [3.05, 3.63) is 77.7 Å². The molecule has 0 amide bonds. The first-order valence-corrected chi connectivity index (χ1v) is 10.9. The normalized spacial score (nSPS) is 17.9. The van der Waals surface area contributed by atoms with Gasteiger partial charge in [-0.15, -0.1) is 0 Å². The van der Waals surface area contributed by atoms with E-state index in [-0.39, 0.29) is 0 Å². The zero-order chi connectivity index (χ0) is 22.4. The van der Waals surface area contributed by atoms with Crippen molar-refractivity contribution in [2.75, 3.05) is 6.54 Å². The van der Waals surface area contributed by atoms with Crippen molar-refractivity contribution in [1.82, 2.24) is 16.1 Å². The minimum absolute atomic E-state index is 0.334. The summed E-state index contributed by atoms with van der Waals surface area (Å²) in [7, 11) is 0. The molecule has 5 nitrogen and oxygen atoms in total. The molecule has 0 radical (unpaired) electrons. The van der Waals surface area contributed by atoms with Crippen LogP contribution in [-0.4, -0.2) is 12.3 Å². The molecule has 1 aromatic carbocycles. The Bertz CT molecular complexity index is 777. The van der Waals surface area contributed by atoms with Gasteiger partial charge in [-0.1, -0.05) is 70.7 Å². The number of hydrazine groups is 1. The fraction of sp³-hybridized carbons (Fsp3) is 0.400. The van der Waals surface area contributed by atoms with Crippen molar-refractivity contribution in [2.24, 2.45) is 5.84 Å². The number of nitrogens with one attached hydrogen (secondary N) is 3. The summed E-state index contributed by atoms with van der Waals surface area (Å²) in [6.07, 6.45) is 7.83. The molecular weight excluding hydrogens is 372 g/mol. The summed E-state index contributed by atoms with van der Waals surface area (Å²) in [6, 6.07) is 8.17. The first-order valence-electron chi connectivity index (χ1n) is 10.9. The number of Topliss-reactive ketones (excluding diaryl/α,β-unsaturated/α-hetero) is 1. The number of nitrogens with two attached hydrogens (primary N) is 1. The average molecular weight is 411 g/mol. The molecule has 30 heavy (non-hydrogen) atoms. The van der Waals surface area contributed by atoms with Gasteiger partial charge < -0.3 is 16.1 Å². The summed E-state index contributed by atoms with van der Waals surface area (Å²) in [5.74, 6) is 6.28. The number of benzene rings is 1. The van der Waals surface area contributed by atoms with Crippen LogP contribution in [0.15, 0.2) is 66.5 Å². The molecule has 1 aliphatic heterocycles. The molecule has 0 spiro atoms. The molecule has 1 aliphatic rings. The molecule has 0 aromatic heterocycles. The van der Waals surface area contributed by atoms with Gasteiger partial charge in [-0.3, -0.25) is 10.6 Å². The molecule has 164 valence electrons. The standard InChI is InChI=1S/C23H32N4O.C2H6/c1-4-18(28)13-8-7-11-15-25-22-19(5-2)21(6-3)26-16-17-12-9-10-14-20(17)23(22)27-24;1-2/h5-6,9-10,12,14,25-27H,2-4,7-8,11,13,15-16,24H2,1H3;1-2H3/b21-19-,23-22-;. The second kappa shape index (κ2) is 14.2. The van der Waals surface area contributed by atoms with Gasteiger partial charge in [0.25, 0.3) is 0 Å². The lowest BCUT2D eigenvalue weighted by Gasteiger charge is -2.25. The topological polar surface area (TPSA) is 79.2 Å². The maximum atomic E-state index is 11.4. The average Bonchev–Trinajstić information content (AvgIpc) is 2.79. The van der Waals surface area contributed by atoms with Gasteiger partial charge in [0.15, 0.2) is 0 Å². The van der Waals surface area contributed by atoms with E-state index in [1.165, 1.54) is 0 Å². The van der Waals surface area contributed by atoms with Crippen LogP contribution in [0, 0.1) is 0 Å². The van der Waals surface area contributed by atoms with Crippen molar-refractivity contribution in [1.29, 1.82) is 0 Å². The van der Waals surface area contributed by atoms with Gasteiger partial charge >= 0.3 is 0 Å². The van der Waals surface area contributed by atoms with Crippen molar-refractivity contribution in [3.63, 3.8) is 0 Å². The monoisotopic (exact) mass is 410 g/mol. The SMILES string of the molecule is C=C/C1=C(C=C)/C(NCCCCCC(=O)CC)=C(/NN)c2ccccc2CN1.CC. The minimum atomic E-state index is 0.334. The highest BCUT2D eigenvalue weighted by atomic mass is 16.1. The smallest absolute Gasteiger partial charge is 0.132 e. The predicted molar refractivity (Wildman–Crippen MR) is 128 cm³/mol. The first-order chi connectivity index (χ1) is 14.7. The minimum Gasteiger partial charge on any atom is -0.383 e. The lowest BCUT2D eigenvalue weighted by atomic mass is 9.97. The third kappa shape index (κ3) is 6.92. The van der Waals surface area contributed by atoms with Gasteiger partial charge in [0.2, 0.25) is 0 Å². The highest BCUT2D eigenvalue weighted by Crippen LogP contribution is 2.27. The highest BCUT2D eigenvalue weighted by Gasteiger charge is 2.19. The highest BCUT2D eigenvalue weighted by molar-refractivity contribution is 5.78. The predicted octanol–water partition coefficient (Wildman–Crippen LogP) is 4.70. The molecule has 0 saturated carbocycles. The number of hydrogen-bond donors (Lipinski definition) is 4. The zero-order valence-corrected chi connectivity index (χ0v) is 18.8. The second-order valence-electron chi connectivity index (χ2n) is 6.77. The summed E-state index contributed by atoms with van der Waals surface area (Å²) in [5, 5.41) is 6.98. The molecule has 2 rings (SSSR count). The number of ketones is 1. The number of carbonyl (C=O) groups is 1. The molecule has 5 N–H and O–H groups in total. The molecule has 5 heteroatoms. The number of carbonyl (C=O) groups excluding carboxylic acids is 1. The Morgan fingerprint density at radius 1 is 1.13 bits per heavy atom. The van der Waals surface area contributed by atoms with Crippen LogP contribution in [0.25, 0.3) is 5.70 Å². The first kappa shape index (κ1) is 25.2. The van der Waals surface area contributed by atoms with Gasteiger partial charge in [0.1, 0.15) is 5.78 Å². The van der Waals surface area contributed by atoms with E-state index in [1.54, 1.807) is 6.08 Å². The molecule has 0 bridgehead atoms. The van der Waals surface area contributed by atoms with E-state index in [4.69, 9.17) is 5.84 Å². The van der Waals surface area contributed by atoms with E-state index in [1.807, 2.05) is 39.0 Å². The van der Waals surface area contributed by atoms with E-state index < -0.39 is 0 Å². The Balaban J connectivity index is 0.00000218. The molecular formula is C25H38N4O. The van der Waals surface area contributed by atoms with E-state index >= 15 is 0 Å². The quantitative estimate of drug-likeness (QED) is 0.241. The van der Waals surface area contributed by atoms with Crippen molar-refractivity contribution in [3.8, 4) is 0 Å². The molecule has 1 heterocycles. The van der Waals surface area contributed by atoms with Gasteiger partial charge in [0.05, 0.1) is 11.4 Å². The van der Waals surface area contributed by atoms with Gasteiger partial charge in [0, 0.05) is 42.8 Å². The molecule has 0 unspecified atom stereocenters. The summed E-state index contributed by atoms with van der Waals surface area (Å²) in [5.41, 5.74) is 8.67. The third-order valence-electron chi connectivity index (χ3n) is 4.95. The Morgan fingerprint density at radius 2 is 1.87 bits per heavy atom. The van der Waals surface area contributed by atoms with Crippen LogP contribution in [0.4, 0.5) is 0 Å². The van der Waals surface area contributed by atoms with Crippen LogP contribution in [0.2, 0.25) is 0 Å². The Kier molecular flexibility index (Phi) is 12.0. The maximum absolute atomic E-state index is 11.4. The van der Waals surface area contributed by atoms with Crippen LogP contribution in [0.3, 0.4) is 0 Å².